The van der Waals surface area contributed by atoms with Crippen molar-refractivity contribution in [1.82, 2.24) is 10.2 Å². The highest BCUT2D eigenvalue weighted by molar-refractivity contribution is 6.01. The van der Waals surface area contributed by atoms with Gasteiger partial charge in [-0.1, -0.05) is 18.6 Å². The molecule has 32 heavy (non-hydrogen) atoms. The average molecular weight is 430 g/mol. The Morgan fingerprint density at radius 2 is 1.75 bits per heavy atom. The molecule has 0 unspecified atom stereocenters. The molecule has 2 aliphatic rings. The van der Waals surface area contributed by atoms with Gasteiger partial charge in [-0.05, 0) is 92.3 Å². The summed E-state index contributed by atoms with van der Waals surface area (Å²) in [5.41, 5.74) is 5.36. The molecule has 5 heteroatoms. The van der Waals surface area contributed by atoms with Crippen LogP contribution in [-0.2, 0) is 0 Å². The molecule has 1 aliphatic carbocycles. The highest BCUT2D eigenvalue weighted by Gasteiger charge is 2.29. The summed E-state index contributed by atoms with van der Waals surface area (Å²) in [4.78, 5) is 28.1. The topological polar surface area (TPSA) is 73.2 Å². The molecule has 2 aromatic rings. The van der Waals surface area contributed by atoms with Crippen LogP contribution in [0.2, 0.25) is 0 Å². The van der Waals surface area contributed by atoms with Crippen LogP contribution in [0.5, 0.6) is 0 Å². The van der Waals surface area contributed by atoms with Crippen LogP contribution in [0.15, 0.2) is 36.4 Å². The molecule has 5 nitrogen and oxygen atoms in total. The molecule has 1 saturated heterocycles. The summed E-state index contributed by atoms with van der Waals surface area (Å²) in [6.45, 7) is 5.92. The van der Waals surface area contributed by atoms with Crippen molar-refractivity contribution in [1.29, 1.82) is 5.26 Å². The number of carbonyl (C=O) groups excluding carboxylic acids is 2. The minimum Gasteiger partial charge on any atom is -0.352 e. The normalized spacial score (nSPS) is 16.8. The zero-order valence-electron chi connectivity index (χ0n) is 19.0. The van der Waals surface area contributed by atoms with Crippen LogP contribution in [0, 0.1) is 18.3 Å². The predicted molar refractivity (Wildman–Crippen MR) is 125 cm³/mol. The van der Waals surface area contributed by atoms with Crippen LogP contribution in [0.25, 0.3) is 0 Å². The fraction of sp³-hybridized carbons (Fsp3) is 0.444. The van der Waals surface area contributed by atoms with Crippen LogP contribution in [0.4, 0.5) is 0 Å². The van der Waals surface area contributed by atoms with E-state index in [-0.39, 0.29) is 11.8 Å². The highest BCUT2D eigenvalue weighted by atomic mass is 16.2. The number of hydrogen-bond donors (Lipinski definition) is 1. The van der Waals surface area contributed by atoms with Gasteiger partial charge >= 0.3 is 0 Å². The molecule has 1 N–H and O–H groups in total. The molecule has 0 bridgehead atoms. The molecule has 4 rings (SSSR count). The lowest BCUT2D eigenvalue weighted by Crippen LogP contribution is -2.38. The first-order valence-electron chi connectivity index (χ1n) is 11.7. The maximum Gasteiger partial charge on any atom is 0.253 e. The minimum absolute atomic E-state index is 0.0112. The number of rotatable bonds is 5. The molecule has 1 saturated carbocycles. The number of nitrogens with zero attached hydrogens (tertiary/aromatic N) is 2. The Balaban J connectivity index is 1.50. The number of piperidine rings is 1. The first kappa shape index (κ1) is 22.1. The number of nitrogens with one attached hydrogen (secondary N) is 1. The zero-order valence-corrected chi connectivity index (χ0v) is 19.0. The van der Waals surface area contributed by atoms with E-state index in [2.05, 4.69) is 11.4 Å². The fourth-order valence-corrected chi connectivity index (χ4v) is 5.03. The molecule has 0 radical (unpaired) electrons. The van der Waals surface area contributed by atoms with Crippen molar-refractivity contribution in [3.8, 4) is 6.07 Å². The van der Waals surface area contributed by atoms with E-state index in [4.69, 9.17) is 5.26 Å². The number of benzene rings is 2. The van der Waals surface area contributed by atoms with Gasteiger partial charge in [0.15, 0.2) is 0 Å². The molecule has 2 fully saturated rings. The van der Waals surface area contributed by atoms with Gasteiger partial charge in [-0.3, -0.25) is 9.59 Å². The summed E-state index contributed by atoms with van der Waals surface area (Å²) in [6, 6.07) is 13.7. The van der Waals surface area contributed by atoms with Gasteiger partial charge in [0.25, 0.3) is 11.8 Å². The van der Waals surface area contributed by atoms with E-state index >= 15 is 0 Å². The molecular weight excluding hydrogens is 398 g/mol. The second-order valence-electron chi connectivity index (χ2n) is 9.04. The lowest BCUT2D eigenvalue weighted by atomic mass is 9.75. The van der Waals surface area contributed by atoms with E-state index < -0.39 is 0 Å². The van der Waals surface area contributed by atoms with Crippen LogP contribution in [0.1, 0.15) is 93.8 Å². The summed E-state index contributed by atoms with van der Waals surface area (Å²) in [7, 11) is 0. The largest absolute Gasteiger partial charge is 0.352 e. The Morgan fingerprint density at radius 3 is 2.31 bits per heavy atom. The van der Waals surface area contributed by atoms with Crippen molar-refractivity contribution >= 4 is 11.8 Å². The smallest absolute Gasteiger partial charge is 0.253 e. The molecule has 0 spiro atoms. The van der Waals surface area contributed by atoms with Crippen molar-refractivity contribution in [2.24, 2.45) is 0 Å². The Hall–Kier alpha value is -3.13. The molecule has 2 aromatic carbocycles. The van der Waals surface area contributed by atoms with Gasteiger partial charge in [0.2, 0.25) is 0 Å². The summed E-state index contributed by atoms with van der Waals surface area (Å²) in [5, 5.41) is 11.9. The molecule has 1 aliphatic heterocycles. The van der Waals surface area contributed by atoms with E-state index in [0.717, 1.165) is 36.8 Å². The Labute approximate surface area is 190 Å². The van der Waals surface area contributed by atoms with Gasteiger partial charge < -0.3 is 10.2 Å². The summed E-state index contributed by atoms with van der Waals surface area (Å²) in [5.74, 6) is 0.768. The second kappa shape index (κ2) is 9.56. The van der Waals surface area contributed by atoms with Gasteiger partial charge in [-0.2, -0.15) is 5.26 Å². The van der Waals surface area contributed by atoms with Crippen molar-refractivity contribution in [2.45, 2.75) is 57.8 Å². The van der Waals surface area contributed by atoms with Crippen molar-refractivity contribution in [3.63, 3.8) is 0 Å². The van der Waals surface area contributed by atoms with Crippen molar-refractivity contribution < 1.29 is 9.59 Å². The zero-order chi connectivity index (χ0) is 22.7. The highest BCUT2D eigenvalue weighted by Crippen LogP contribution is 2.40. The standard InChI is InChI=1S/C27H31N3O2/c1-3-29-26(31)24-16-23(15-18(2)25(24)22-5-4-6-22)27(32)30-13-11-21(12-14-30)20-9-7-19(17-28)8-10-20/h7-10,15-16,21-22H,3-6,11-14H2,1-2H3,(H,29,31). The molecule has 1 heterocycles. The van der Waals surface area contributed by atoms with E-state index in [0.29, 0.717) is 48.2 Å². The maximum absolute atomic E-state index is 13.3. The molecular formula is C27H31N3O2. The fourth-order valence-electron chi connectivity index (χ4n) is 5.03. The van der Waals surface area contributed by atoms with Gasteiger partial charge in [-0.15, -0.1) is 0 Å². The van der Waals surface area contributed by atoms with Gasteiger partial charge in [0.05, 0.1) is 11.6 Å². The van der Waals surface area contributed by atoms with Gasteiger partial charge in [0.1, 0.15) is 0 Å². The van der Waals surface area contributed by atoms with Crippen LogP contribution in [0.3, 0.4) is 0 Å². The average Bonchev–Trinajstić information content (AvgIpc) is 2.79. The third kappa shape index (κ3) is 4.41. The predicted octanol–water partition coefficient (Wildman–Crippen LogP) is 4.90. The second-order valence-corrected chi connectivity index (χ2v) is 9.04. The summed E-state index contributed by atoms with van der Waals surface area (Å²) in [6.07, 6.45) is 5.24. The third-order valence-electron chi connectivity index (χ3n) is 7.02. The first-order valence-corrected chi connectivity index (χ1v) is 11.7. The first-order chi connectivity index (χ1) is 15.5. The number of hydrogen-bond acceptors (Lipinski definition) is 3. The lowest BCUT2D eigenvalue weighted by Gasteiger charge is -2.33. The molecule has 0 aromatic heterocycles. The number of likely N-dealkylation sites (tertiary alicyclic amines) is 1. The van der Waals surface area contributed by atoms with Gasteiger partial charge in [0, 0.05) is 30.8 Å². The van der Waals surface area contributed by atoms with Crippen molar-refractivity contribution in [2.75, 3.05) is 19.6 Å². The quantitative estimate of drug-likeness (QED) is 0.734. The summed E-state index contributed by atoms with van der Waals surface area (Å²) >= 11 is 0. The van der Waals surface area contributed by atoms with Gasteiger partial charge in [-0.25, -0.2) is 0 Å². The van der Waals surface area contributed by atoms with Crippen LogP contribution >= 0.6 is 0 Å². The van der Waals surface area contributed by atoms with Crippen molar-refractivity contribution in [3.05, 3.63) is 69.8 Å². The third-order valence-corrected chi connectivity index (χ3v) is 7.02. The Morgan fingerprint density at radius 1 is 1.06 bits per heavy atom. The Bertz CT molecular complexity index is 1040. The minimum atomic E-state index is -0.0772. The molecule has 0 atom stereocenters. The monoisotopic (exact) mass is 429 g/mol. The van der Waals surface area contributed by atoms with E-state index in [1.165, 1.54) is 12.0 Å². The number of amides is 2. The van der Waals surface area contributed by atoms with E-state index in [1.807, 2.05) is 55.1 Å². The number of aryl methyl sites for hydroxylation is 1. The maximum atomic E-state index is 13.3. The molecule has 2 amide bonds. The Kier molecular flexibility index (Phi) is 6.60. The SMILES string of the molecule is CCNC(=O)c1cc(C(=O)N2CCC(c3ccc(C#N)cc3)CC2)cc(C)c1C1CCC1. The van der Waals surface area contributed by atoms with E-state index in [1.54, 1.807) is 0 Å². The van der Waals surface area contributed by atoms with Crippen LogP contribution in [-0.4, -0.2) is 36.3 Å². The lowest BCUT2D eigenvalue weighted by molar-refractivity contribution is 0.0713. The number of nitriles is 1. The summed E-state index contributed by atoms with van der Waals surface area (Å²) < 4.78 is 0. The molecule has 166 valence electrons. The van der Waals surface area contributed by atoms with E-state index in [9.17, 15) is 9.59 Å². The number of carbonyl (C=O) groups is 2. The van der Waals surface area contributed by atoms with Crippen LogP contribution < -0.4 is 5.32 Å².